The molecule has 0 bridgehead atoms. The summed E-state index contributed by atoms with van der Waals surface area (Å²) >= 11 is 0. The second-order valence-corrected chi connectivity index (χ2v) is 5.53. The van der Waals surface area contributed by atoms with Crippen LogP contribution in [0.4, 0.5) is 0 Å². The highest BCUT2D eigenvalue weighted by Gasteiger charge is 2.85. The highest BCUT2D eigenvalue weighted by molar-refractivity contribution is 6.22. The molecule has 16 heteroatoms. The van der Waals surface area contributed by atoms with Crippen LogP contribution < -0.4 is 0 Å². The third-order valence-corrected chi connectivity index (χ3v) is 4.22. The predicted molar refractivity (Wildman–Crippen MR) is 77.6 cm³/mol. The minimum Gasteiger partial charge on any atom is -0.481 e. The molecule has 0 rings (SSSR count). The van der Waals surface area contributed by atoms with Crippen LogP contribution in [0.1, 0.15) is 12.8 Å². The van der Waals surface area contributed by atoms with Gasteiger partial charge in [-0.2, -0.15) is 0 Å². The maximum absolute atomic E-state index is 11.9. The number of hydrogen-bond donors (Lipinski definition) is 8. The second-order valence-electron chi connectivity index (χ2n) is 5.53. The molecule has 0 aliphatic rings. The SMILES string of the molecule is O=C(O)CC(C(=O)O)(C(=O)O)C(C(=O)O)(C(=O)O)C(CC(=O)O)(C(=O)O)C(=O)O. The molecule has 0 heterocycles. The van der Waals surface area contributed by atoms with Gasteiger partial charge in [0.1, 0.15) is 0 Å². The predicted octanol–water partition coefficient (Wildman–Crippen LogP) is -2.60. The maximum atomic E-state index is 11.9. The zero-order chi connectivity index (χ0) is 23.5. The van der Waals surface area contributed by atoms with Crippen molar-refractivity contribution >= 4 is 47.8 Å². The van der Waals surface area contributed by atoms with Crippen molar-refractivity contribution < 1.29 is 79.2 Å². The van der Waals surface area contributed by atoms with E-state index in [1.165, 1.54) is 0 Å². The second kappa shape index (κ2) is 7.79. The van der Waals surface area contributed by atoms with E-state index in [0.29, 0.717) is 0 Å². The van der Waals surface area contributed by atoms with Crippen molar-refractivity contribution in [2.75, 3.05) is 0 Å². The average Bonchev–Trinajstić information content (AvgIpc) is 2.50. The van der Waals surface area contributed by atoms with Gasteiger partial charge in [0, 0.05) is 0 Å². The van der Waals surface area contributed by atoms with Crippen molar-refractivity contribution in [2.24, 2.45) is 16.2 Å². The van der Waals surface area contributed by atoms with Crippen LogP contribution in [-0.2, 0) is 38.4 Å². The Balaban J connectivity index is 8.23. The van der Waals surface area contributed by atoms with Crippen LogP contribution in [0.5, 0.6) is 0 Å². The van der Waals surface area contributed by atoms with Crippen molar-refractivity contribution in [3.8, 4) is 0 Å². The van der Waals surface area contributed by atoms with E-state index in [1.54, 1.807) is 0 Å². The van der Waals surface area contributed by atoms with Gasteiger partial charge in [-0.3, -0.25) is 38.4 Å². The van der Waals surface area contributed by atoms with E-state index in [9.17, 15) is 69.0 Å². The summed E-state index contributed by atoms with van der Waals surface area (Å²) < 4.78 is 0. The summed E-state index contributed by atoms with van der Waals surface area (Å²) in [6.07, 6.45) is -4.86. The monoisotopic (exact) mass is 424 g/mol. The van der Waals surface area contributed by atoms with Gasteiger partial charge in [0.15, 0.2) is 0 Å². The Morgan fingerprint density at radius 1 is 0.414 bits per heavy atom. The number of carbonyl (C=O) groups is 8. The molecule has 0 aliphatic heterocycles. The fraction of sp³-hybridized carbons (Fsp3) is 0.385. The first-order valence-electron chi connectivity index (χ1n) is 6.84. The van der Waals surface area contributed by atoms with Crippen LogP contribution in [0.3, 0.4) is 0 Å². The van der Waals surface area contributed by atoms with E-state index >= 15 is 0 Å². The number of rotatable bonds is 12. The van der Waals surface area contributed by atoms with E-state index in [1.807, 2.05) is 0 Å². The van der Waals surface area contributed by atoms with Gasteiger partial charge in [0.05, 0.1) is 12.8 Å². The van der Waals surface area contributed by atoms with E-state index in [-0.39, 0.29) is 0 Å². The Bertz CT molecular complexity index is 723. The molecule has 0 aliphatic carbocycles. The third kappa shape index (κ3) is 3.15. The Hall–Kier alpha value is -4.24. The van der Waals surface area contributed by atoms with Gasteiger partial charge in [-0.25, -0.2) is 0 Å². The van der Waals surface area contributed by atoms with Crippen LogP contribution in [-0.4, -0.2) is 88.6 Å². The zero-order valence-electron chi connectivity index (χ0n) is 13.8. The van der Waals surface area contributed by atoms with Gasteiger partial charge >= 0.3 is 47.8 Å². The van der Waals surface area contributed by atoms with Crippen LogP contribution in [0.25, 0.3) is 0 Å². The molecule has 0 aromatic heterocycles. The fourth-order valence-electron chi connectivity index (χ4n) is 3.03. The van der Waals surface area contributed by atoms with E-state index in [0.717, 1.165) is 0 Å². The molecule has 0 saturated carbocycles. The van der Waals surface area contributed by atoms with Crippen molar-refractivity contribution in [2.45, 2.75) is 12.8 Å². The highest BCUT2D eigenvalue weighted by atomic mass is 16.4. The first kappa shape index (κ1) is 24.8. The van der Waals surface area contributed by atoms with Gasteiger partial charge < -0.3 is 40.9 Å². The maximum Gasteiger partial charge on any atom is 0.324 e. The minimum atomic E-state index is -5.05. The van der Waals surface area contributed by atoms with Gasteiger partial charge in [0.25, 0.3) is 0 Å². The minimum absolute atomic E-state index is 2.43. The summed E-state index contributed by atoms with van der Waals surface area (Å²) in [5.41, 5.74) is -14.4. The van der Waals surface area contributed by atoms with Crippen molar-refractivity contribution in [3.63, 3.8) is 0 Å². The third-order valence-electron chi connectivity index (χ3n) is 4.22. The van der Waals surface area contributed by atoms with Crippen molar-refractivity contribution in [1.29, 1.82) is 0 Å². The Kier molecular flexibility index (Phi) is 6.65. The molecule has 29 heavy (non-hydrogen) atoms. The number of carboxylic acids is 8. The van der Waals surface area contributed by atoms with Crippen molar-refractivity contribution in [1.82, 2.24) is 0 Å². The van der Waals surface area contributed by atoms with Crippen molar-refractivity contribution in [3.05, 3.63) is 0 Å². The van der Waals surface area contributed by atoms with Crippen LogP contribution in [0.15, 0.2) is 0 Å². The van der Waals surface area contributed by atoms with E-state index in [2.05, 4.69) is 0 Å². The lowest BCUT2D eigenvalue weighted by Gasteiger charge is -2.45. The highest BCUT2D eigenvalue weighted by Crippen LogP contribution is 2.57. The summed E-state index contributed by atoms with van der Waals surface area (Å²) in [5, 5.41) is 74.0. The van der Waals surface area contributed by atoms with Gasteiger partial charge in [0.2, 0.25) is 16.2 Å². The molecule has 8 N–H and O–H groups in total. The standard InChI is InChI=1S/C13H12O16/c14-3(15)1-11(5(18)19,6(20)21)13(9(26)27,10(28)29)12(7(22)23,8(24)25)2-4(16)17/h1-2H2,(H,14,15)(H,16,17)(H,18,19)(H,20,21)(H,22,23)(H,24,25)(H,26,27)(H,28,29). The van der Waals surface area contributed by atoms with Crippen LogP contribution >= 0.6 is 0 Å². The summed E-state index contributed by atoms with van der Waals surface area (Å²) in [7, 11) is 0. The number of aliphatic carboxylic acids is 8. The lowest BCUT2D eigenvalue weighted by atomic mass is 9.47. The normalized spacial score (nSPS) is 11.9. The summed E-state index contributed by atoms with van der Waals surface area (Å²) in [5.74, 6) is -23.6. The van der Waals surface area contributed by atoms with Gasteiger partial charge in [-0.15, -0.1) is 0 Å². The molecule has 0 saturated heterocycles. The first-order chi connectivity index (χ1) is 13.0. The average molecular weight is 424 g/mol. The smallest absolute Gasteiger partial charge is 0.324 e. The molecule has 0 fully saturated rings. The van der Waals surface area contributed by atoms with Gasteiger partial charge in [-0.1, -0.05) is 0 Å². The summed E-state index contributed by atoms with van der Waals surface area (Å²) in [4.78, 5) is 92.9. The Morgan fingerprint density at radius 3 is 0.724 bits per heavy atom. The molecular weight excluding hydrogens is 412 g/mol. The quantitative estimate of drug-likeness (QED) is 0.149. The Morgan fingerprint density at radius 2 is 0.621 bits per heavy atom. The molecular formula is C13H12O16. The molecule has 0 spiro atoms. The topological polar surface area (TPSA) is 298 Å². The number of hydrogen-bond acceptors (Lipinski definition) is 8. The molecule has 0 aromatic carbocycles. The largest absolute Gasteiger partial charge is 0.481 e. The lowest BCUT2D eigenvalue weighted by molar-refractivity contribution is -0.221. The molecule has 16 nitrogen and oxygen atoms in total. The molecule has 160 valence electrons. The fourth-order valence-corrected chi connectivity index (χ4v) is 3.03. The molecule has 0 aromatic rings. The first-order valence-corrected chi connectivity index (χ1v) is 6.84. The zero-order valence-corrected chi connectivity index (χ0v) is 13.8. The summed E-state index contributed by atoms with van der Waals surface area (Å²) in [6.45, 7) is 0. The molecule has 0 atom stereocenters. The van der Waals surface area contributed by atoms with Crippen LogP contribution in [0, 0.1) is 16.2 Å². The molecule has 0 unspecified atom stereocenters. The molecule has 0 radical (unpaired) electrons. The number of carboxylic acid groups (broad SMARTS) is 8. The van der Waals surface area contributed by atoms with E-state index in [4.69, 9.17) is 10.2 Å². The molecule has 0 amide bonds. The van der Waals surface area contributed by atoms with E-state index < -0.39 is 76.8 Å². The summed E-state index contributed by atoms with van der Waals surface area (Å²) in [6, 6.07) is 0. The lowest BCUT2D eigenvalue weighted by Crippen LogP contribution is -2.73. The van der Waals surface area contributed by atoms with Crippen LogP contribution in [0.2, 0.25) is 0 Å². The Labute approximate surface area is 157 Å². The van der Waals surface area contributed by atoms with Gasteiger partial charge in [-0.05, 0) is 0 Å².